The lowest BCUT2D eigenvalue weighted by Crippen LogP contribution is -2.32. The molecule has 2 aromatic carbocycles. The average molecular weight is 494 g/mol. The number of hydrogen-bond acceptors (Lipinski definition) is 3. The number of nitrogens with one attached hydrogen (secondary N) is 1. The molecule has 0 amide bonds. The molecule has 0 bridgehead atoms. The van der Waals surface area contributed by atoms with Crippen molar-refractivity contribution in [2.75, 3.05) is 20.8 Å². The van der Waals surface area contributed by atoms with Crippen LogP contribution >= 0.6 is 24.0 Å². The second-order valence-corrected chi connectivity index (χ2v) is 6.24. The number of rotatable bonds is 8. The van der Waals surface area contributed by atoms with Crippen LogP contribution in [0.1, 0.15) is 12.0 Å². The summed E-state index contributed by atoms with van der Waals surface area (Å²) in [5.41, 5.74) is 8.24. The van der Waals surface area contributed by atoms with Crippen LogP contribution in [-0.4, -0.2) is 31.3 Å². The number of para-hydroxylation sites is 1. The van der Waals surface area contributed by atoms with Gasteiger partial charge in [-0.15, -0.1) is 24.0 Å². The van der Waals surface area contributed by atoms with Crippen molar-refractivity contribution in [1.82, 2.24) is 9.88 Å². The number of hydrogen-bond donors (Lipinski definition) is 2. The number of fused-ring (bicyclic) bond motifs is 1. The summed E-state index contributed by atoms with van der Waals surface area (Å²) in [6.45, 7) is 2.19. The lowest BCUT2D eigenvalue weighted by Gasteiger charge is -2.09. The molecule has 3 aromatic rings. The minimum Gasteiger partial charge on any atom is -0.493 e. The summed E-state index contributed by atoms with van der Waals surface area (Å²) in [5.74, 6) is 1.84. The van der Waals surface area contributed by atoms with E-state index in [1.54, 1.807) is 14.2 Å². The number of aliphatic imine (C=N–C) groups is 1. The van der Waals surface area contributed by atoms with Gasteiger partial charge in [-0.25, -0.2) is 4.99 Å². The van der Waals surface area contributed by atoms with Gasteiger partial charge in [-0.1, -0.05) is 24.3 Å². The van der Waals surface area contributed by atoms with E-state index in [1.165, 1.54) is 10.9 Å². The third kappa shape index (κ3) is 5.54. The van der Waals surface area contributed by atoms with E-state index in [4.69, 9.17) is 15.2 Å². The van der Waals surface area contributed by atoms with E-state index in [2.05, 4.69) is 51.4 Å². The van der Waals surface area contributed by atoms with Gasteiger partial charge in [0, 0.05) is 24.8 Å². The molecule has 7 heteroatoms. The first kappa shape index (κ1) is 21.9. The number of nitrogens with two attached hydrogens (primary N) is 1. The van der Waals surface area contributed by atoms with Crippen molar-refractivity contribution < 1.29 is 9.47 Å². The third-order valence-corrected chi connectivity index (χ3v) is 4.44. The highest BCUT2D eigenvalue weighted by Gasteiger charge is 2.04. The van der Waals surface area contributed by atoms with Crippen LogP contribution in [0.3, 0.4) is 0 Å². The Morgan fingerprint density at radius 1 is 1.07 bits per heavy atom. The fraction of sp³-hybridized carbons (Fsp3) is 0.286. The van der Waals surface area contributed by atoms with Crippen LogP contribution in [0.5, 0.6) is 11.5 Å². The first-order valence-electron chi connectivity index (χ1n) is 9.00. The fourth-order valence-corrected chi connectivity index (χ4v) is 3.01. The summed E-state index contributed by atoms with van der Waals surface area (Å²) in [7, 11) is 3.24. The summed E-state index contributed by atoms with van der Waals surface area (Å²) >= 11 is 0. The molecule has 0 fully saturated rings. The number of aromatic nitrogens is 1. The molecule has 1 heterocycles. The Hall–Kier alpha value is -2.42. The molecule has 0 saturated heterocycles. The molecule has 6 nitrogen and oxygen atoms in total. The van der Waals surface area contributed by atoms with Crippen molar-refractivity contribution in [2.24, 2.45) is 10.7 Å². The molecular formula is C21H27IN4O2. The lowest BCUT2D eigenvalue weighted by atomic mass is 10.2. The van der Waals surface area contributed by atoms with Crippen molar-refractivity contribution in [3.63, 3.8) is 0 Å². The van der Waals surface area contributed by atoms with Crippen molar-refractivity contribution in [3.8, 4) is 11.5 Å². The van der Waals surface area contributed by atoms with Gasteiger partial charge in [-0.05, 0) is 41.6 Å². The monoisotopic (exact) mass is 494 g/mol. The number of methoxy groups -OCH3 is 2. The molecule has 28 heavy (non-hydrogen) atoms. The maximum absolute atomic E-state index is 5.97. The Labute approximate surface area is 182 Å². The zero-order valence-corrected chi connectivity index (χ0v) is 18.6. The number of ether oxygens (including phenoxy) is 2. The second-order valence-electron chi connectivity index (χ2n) is 6.24. The molecule has 0 aliphatic rings. The van der Waals surface area contributed by atoms with E-state index >= 15 is 0 Å². The van der Waals surface area contributed by atoms with Gasteiger partial charge in [0.1, 0.15) is 0 Å². The lowest BCUT2D eigenvalue weighted by molar-refractivity contribution is 0.354. The number of benzene rings is 2. The van der Waals surface area contributed by atoms with Crippen LogP contribution in [0.25, 0.3) is 10.9 Å². The van der Waals surface area contributed by atoms with E-state index in [0.29, 0.717) is 24.0 Å². The molecule has 0 spiro atoms. The minimum absolute atomic E-state index is 0. The van der Waals surface area contributed by atoms with E-state index in [-0.39, 0.29) is 24.0 Å². The van der Waals surface area contributed by atoms with Gasteiger partial charge in [0.05, 0.1) is 20.8 Å². The van der Waals surface area contributed by atoms with Gasteiger partial charge in [0.2, 0.25) is 0 Å². The van der Waals surface area contributed by atoms with Crippen molar-refractivity contribution in [1.29, 1.82) is 0 Å². The predicted molar refractivity (Wildman–Crippen MR) is 125 cm³/mol. The summed E-state index contributed by atoms with van der Waals surface area (Å²) in [4.78, 5) is 4.39. The van der Waals surface area contributed by atoms with E-state index in [1.807, 2.05) is 18.2 Å². The fourth-order valence-electron chi connectivity index (χ4n) is 3.01. The molecular weight excluding hydrogens is 467 g/mol. The Balaban J connectivity index is 0.00000280. The van der Waals surface area contributed by atoms with Crippen LogP contribution in [0.15, 0.2) is 59.7 Å². The molecule has 0 aliphatic carbocycles. The molecule has 1 aromatic heterocycles. The van der Waals surface area contributed by atoms with Gasteiger partial charge < -0.3 is 25.1 Å². The molecule has 0 radical (unpaired) electrons. The zero-order chi connectivity index (χ0) is 19.1. The number of halogens is 1. The van der Waals surface area contributed by atoms with Crippen molar-refractivity contribution in [2.45, 2.75) is 19.5 Å². The van der Waals surface area contributed by atoms with E-state index in [0.717, 1.165) is 25.1 Å². The topological polar surface area (TPSA) is 73.8 Å². The second kappa shape index (κ2) is 10.8. The minimum atomic E-state index is 0. The van der Waals surface area contributed by atoms with Crippen molar-refractivity contribution in [3.05, 3.63) is 60.3 Å². The molecule has 150 valence electrons. The predicted octanol–water partition coefficient (Wildman–Crippen LogP) is 3.77. The molecule has 3 N–H and O–H groups in total. The van der Waals surface area contributed by atoms with Gasteiger partial charge in [-0.2, -0.15) is 0 Å². The summed E-state index contributed by atoms with van der Waals surface area (Å²) < 4.78 is 12.8. The number of guanidine groups is 1. The number of aryl methyl sites for hydroxylation is 1. The van der Waals surface area contributed by atoms with Crippen LogP contribution in [-0.2, 0) is 13.1 Å². The van der Waals surface area contributed by atoms with Gasteiger partial charge in [-0.3, -0.25) is 0 Å². The maximum Gasteiger partial charge on any atom is 0.188 e. The van der Waals surface area contributed by atoms with Crippen molar-refractivity contribution >= 4 is 40.8 Å². The van der Waals surface area contributed by atoms with E-state index in [9.17, 15) is 0 Å². The summed E-state index contributed by atoms with van der Waals surface area (Å²) in [5, 5.41) is 4.44. The van der Waals surface area contributed by atoms with Crippen LogP contribution in [0.4, 0.5) is 0 Å². The SMILES string of the molecule is COc1ccc(CN=C(N)NCCCn2ccc3ccccc32)cc1OC.I. The summed E-state index contributed by atoms with van der Waals surface area (Å²) in [6.07, 6.45) is 3.09. The molecule has 0 aliphatic heterocycles. The Bertz CT molecular complexity index is 924. The normalized spacial score (nSPS) is 11.1. The van der Waals surface area contributed by atoms with Gasteiger partial charge in [0.25, 0.3) is 0 Å². The Morgan fingerprint density at radius 2 is 1.86 bits per heavy atom. The highest BCUT2D eigenvalue weighted by molar-refractivity contribution is 14.0. The Kier molecular flexibility index (Phi) is 8.43. The maximum atomic E-state index is 5.97. The van der Waals surface area contributed by atoms with Crippen LogP contribution in [0.2, 0.25) is 0 Å². The quantitative estimate of drug-likeness (QED) is 0.217. The average Bonchev–Trinajstić information content (AvgIpc) is 3.12. The van der Waals surface area contributed by atoms with Gasteiger partial charge in [0.15, 0.2) is 17.5 Å². The highest BCUT2D eigenvalue weighted by atomic mass is 127. The number of nitrogens with zero attached hydrogens (tertiary/aromatic N) is 2. The van der Waals surface area contributed by atoms with Crippen LogP contribution < -0.4 is 20.5 Å². The zero-order valence-electron chi connectivity index (χ0n) is 16.2. The van der Waals surface area contributed by atoms with Gasteiger partial charge >= 0.3 is 0 Å². The molecule has 0 atom stereocenters. The Morgan fingerprint density at radius 3 is 2.64 bits per heavy atom. The largest absolute Gasteiger partial charge is 0.493 e. The molecule has 0 unspecified atom stereocenters. The molecule has 3 rings (SSSR count). The molecule has 0 saturated carbocycles. The smallest absolute Gasteiger partial charge is 0.188 e. The first-order chi connectivity index (χ1) is 13.2. The first-order valence-corrected chi connectivity index (χ1v) is 9.00. The van der Waals surface area contributed by atoms with E-state index < -0.39 is 0 Å². The standard InChI is InChI=1S/C21H26N4O2.HI/c1-26-19-9-8-16(14-20(19)27-2)15-24-21(22)23-11-5-12-25-13-10-17-6-3-4-7-18(17)25;/h3-4,6-10,13-14H,5,11-12,15H2,1-2H3,(H3,22,23,24);1H. The van der Waals surface area contributed by atoms with Crippen LogP contribution in [0, 0.1) is 0 Å². The third-order valence-electron chi connectivity index (χ3n) is 4.44. The summed E-state index contributed by atoms with van der Waals surface area (Å²) in [6, 6.07) is 16.3. The highest BCUT2D eigenvalue weighted by Crippen LogP contribution is 2.27.